The molecule has 5 nitrogen and oxygen atoms in total. The van der Waals surface area contributed by atoms with Crippen LogP contribution in [0.4, 0.5) is 5.69 Å². The van der Waals surface area contributed by atoms with Crippen LogP contribution in [-0.2, 0) is 10.5 Å². The molecule has 0 aliphatic rings. The molecule has 2 rings (SSSR count). The van der Waals surface area contributed by atoms with Gasteiger partial charge in [-0.3, -0.25) is 14.9 Å². The molecule has 0 aliphatic heterocycles. The van der Waals surface area contributed by atoms with E-state index in [2.05, 4.69) is 44.3 Å². The van der Waals surface area contributed by atoms with E-state index in [9.17, 15) is 14.9 Å². The van der Waals surface area contributed by atoms with Gasteiger partial charge in [0, 0.05) is 17.9 Å². The second-order valence-corrected chi connectivity index (χ2v) is 7.27. The molecule has 1 amide bonds. The number of non-ortho nitro benzene ring substituents is 1. The lowest BCUT2D eigenvalue weighted by Crippen LogP contribution is -2.29. The highest BCUT2D eigenvalue weighted by Crippen LogP contribution is 2.21. The average molecular weight is 372 g/mol. The van der Waals surface area contributed by atoms with Crippen molar-refractivity contribution in [1.29, 1.82) is 0 Å². The summed E-state index contributed by atoms with van der Waals surface area (Å²) in [7, 11) is 0. The van der Waals surface area contributed by atoms with Gasteiger partial charge in [-0.15, -0.1) is 11.8 Å². The SMILES string of the molecule is CCC(NC(=O)CSCc1ccc([N+](=O)[O-])cc1)c1ccc(C)c(C)c1. The summed E-state index contributed by atoms with van der Waals surface area (Å²) < 4.78 is 0. The van der Waals surface area contributed by atoms with Crippen molar-refractivity contribution in [1.82, 2.24) is 5.32 Å². The minimum absolute atomic E-state index is 0.00184. The van der Waals surface area contributed by atoms with E-state index in [1.807, 2.05) is 0 Å². The van der Waals surface area contributed by atoms with Crippen LogP contribution in [0.5, 0.6) is 0 Å². The molecule has 0 radical (unpaired) electrons. The molecule has 0 spiro atoms. The molecule has 0 saturated heterocycles. The summed E-state index contributed by atoms with van der Waals surface area (Å²) in [6, 6.07) is 12.7. The van der Waals surface area contributed by atoms with Crippen molar-refractivity contribution in [2.75, 3.05) is 5.75 Å². The molecule has 6 heteroatoms. The minimum Gasteiger partial charge on any atom is -0.349 e. The van der Waals surface area contributed by atoms with Gasteiger partial charge in [-0.25, -0.2) is 0 Å². The smallest absolute Gasteiger partial charge is 0.269 e. The fourth-order valence-corrected chi connectivity index (χ4v) is 3.41. The number of aryl methyl sites for hydroxylation is 2. The van der Waals surface area contributed by atoms with Gasteiger partial charge in [0.05, 0.1) is 16.7 Å². The topological polar surface area (TPSA) is 72.2 Å². The third-order valence-electron chi connectivity index (χ3n) is 4.33. The Hall–Kier alpha value is -2.34. The first-order chi connectivity index (χ1) is 12.4. The van der Waals surface area contributed by atoms with Crippen molar-refractivity contribution in [3.63, 3.8) is 0 Å². The number of thioether (sulfide) groups is 1. The van der Waals surface area contributed by atoms with Gasteiger partial charge in [0.15, 0.2) is 0 Å². The molecule has 138 valence electrons. The molecular formula is C20H24N2O3S. The molecule has 2 aromatic rings. The molecular weight excluding hydrogens is 348 g/mol. The van der Waals surface area contributed by atoms with Crippen molar-refractivity contribution in [2.45, 2.75) is 39.0 Å². The summed E-state index contributed by atoms with van der Waals surface area (Å²) in [5.41, 5.74) is 4.64. The third kappa shape index (κ3) is 5.59. The largest absolute Gasteiger partial charge is 0.349 e. The molecule has 0 heterocycles. The molecule has 0 aliphatic carbocycles. The number of carbonyl (C=O) groups is 1. The molecule has 0 bridgehead atoms. The number of hydrogen-bond acceptors (Lipinski definition) is 4. The molecule has 0 saturated carbocycles. The summed E-state index contributed by atoms with van der Waals surface area (Å²) in [4.78, 5) is 22.5. The van der Waals surface area contributed by atoms with E-state index in [0.717, 1.165) is 17.5 Å². The number of hydrogen-bond donors (Lipinski definition) is 1. The van der Waals surface area contributed by atoms with Crippen LogP contribution in [0, 0.1) is 24.0 Å². The number of nitrogens with zero attached hydrogens (tertiary/aromatic N) is 1. The summed E-state index contributed by atoms with van der Waals surface area (Å²) >= 11 is 1.50. The van der Waals surface area contributed by atoms with Crippen LogP contribution in [0.2, 0.25) is 0 Å². The highest BCUT2D eigenvalue weighted by Gasteiger charge is 2.13. The zero-order valence-corrected chi connectivity index (χ0v) is 16.1. The van der Waals surface area contributed by atoms with Crippen LogP contribution in [0.1, 0.15) is 41.6 Å². The van der Waals surface area contributed by atoms with Crippen LogP contribution in [0.15, 0.2) is 42.5 Å². The van der Waals surface area contributed by atoms with E-state index in [0.29, 0.717) is 11.5 Å². The van der Waals surface area contributed by atoms with E-state index in [-0.39, 0.29) is 17.6 Å². The lowest BCUT2D eigenvalue weighted by atomic mass is 9.99. The maximum absolute atomic E-state index is 12.2. The van der Waals surface area contributed by atoms with Gasteiger partial charge < -0.3 is 5.32 Å². The fraction of sp³-hybridized carbons (Fsp3) is 0.350. The maximum atomic E-state index is 12.2. The Morgan fingerprint density at radius 2 is 1.85 bits per heavy atom. The number of nitrogens with one attached hydrogen (secondary N) is 1. The quantitative estimate of drug-likeness (QED) is 0.538. The van der Waals surface area contributed by atoms with E-state index in [1.54, 1.807) is 12.1 Å². The van der Waals surface area contributed by atoms with Gasteiger partial charge in [-0.2, -0.15) is 0 Å². The summed E-state index contributed by atoms with van der Waals surface area (Å²) in [5, 5.41) is 13.7. The maximum Gasteiger partial charge on any atom is 0.269 e. The van der Waals surface area contributed by atoms with Crippen molar-refractivity contribution in [3.8, 4) is 0 Å². The van der Waals surface area contributed by atoms with Gasteiger partial charge in [-0.05, 0) is 42.5 Å². The number of nitro benzene ring substituents is 1. The van der Waals surface area contributed by atoms with Crippen LogP contribution in [-0.4, -0.2) is 16.6 Å². The predicted molar refractivity (Wildman–Crippen MR) is 106 cm³/mol. The number of amides is 1. The lowest BCUT2D eigenvalue weighted by Gasteiger charge is -2.18. The minimum atomic E-state index is -0.415. The number of nitro groups is 1. The van der Waals surface area contributed by atoms with Gasteiger partial charge >= 0.3 is 0 Å². The summed E-state index contributed by atoms with van der Waals surface area (Å²) in [6.07, 6.45) is 0.835. The molecule has 1 N–H and O–H groups in total. The van der Waals surface area contributed by atoms with Crippen molar-refractivity contribution < 1.29 is 9.72 Å². The lowest BCUT2D eigenvalue weighted by molar-refractivity contribution is -0.384. The fourth-order valence-electron chi connectivity index (χ4n) is 2.61. The van der Waals surface area contributed by atoms with Gasteiger partial charge in [0.25, 0.3) is 5.69 Å². The average Bonchev–Trinajstić information content (AvgIpc) is 2.62. The summed E-state index contributed by atoms with van der Waals surface area (Å²) in [5.74, 6) is 1.01. The van der Waals surface area contributed by atoms with Crippen LogP contribution >= 0.6 is 11.8 Å². The monoisotopic (exact) mass is 372 g/mol. The van der Waals surface area contributed by atoms with Crippen LogP contribution in [0.3, 0.4) is 0 Å². The first-order valence-electron chi connectivity index (χ1n) is 8.58. The number of rotatable bonds is 8. The van der Waals surface area contributed by atoms with E-state index in [1.165, 1.54) is 35.0 Å². The zero-order chi connectivity index (χ0) is 19.1. The first-order valence-corrected chi connectivity index (χ1v) is 9.73. The first kappa shape index (κ1) is 20.0. The number of benzene rings is 2. The highest BCUT2D eigenvalue weighted by molar-refractivity contribution is 7.99. The Labute approximate surface area is 158 Å². The Balaban J connectivity index is 1.84. The zero-order valence-electron chi connectivity index (χ0n) is 15.3. The van der Waals surface area contributed by atoms with E-state index < -0.39 is 4.92 Å². The van der Waals surface area contributed by atoms with Crippen LogP contribution in [0.25, 0.3) is 0 Å². The third-order valence-corrected chi connectivity index (χ3v) is 5.33. The normalized spacial score (nSPS) is 11.8. The Kier molecular flexibility index (Phi) is 7.21. The molecule has 0 fully saturated rings. The van der Waals surface area contributed by atoms with Crippen molar-refractivity contribution in [3.05, 3.63) is 74.8 Å². The molecule has 1 unspecified atom stereocenters. The Bertz CT molecular complexity index is 775. The molecule has 0 aromatic heterocycles. The Morgan fingerprint density at radius 1 is 1.15 bits per heavy atom. The van der Waals surface area contributed by atoms with E-state index >= 15 is 0 Å². The molecule has 2 aromatic carbocycles. The molecule has 1 atom stereocenters. The van der Waals surface area contributed by atoms with Gasteiger partial charge in [0.1, 0.15) is 0 Å². The predicted octanol–water partition coefficient (Wildman–Crippen LogP) is 4.71. The van der Waals surface area contributed by atoms with Crippen molar-refractivity contribution >= 4 is 23.4 Å². The van der Waals surface area contributed by atoms with Gasteiger partial charge in [-0.1, -0.05) is 37.3 Å². The Morgan fingerprint density at radius 3 is 2.42 bits per heavy atom. The highest BCUT2D eigenvalue weighted by atomic mass is 32.2. The van der Waals surface area contributed by atoms with Crippen molar-refractivity contribution in [2.24, 2.45) is 0 Å². The number of carbonyl (C=O) groups excluding carboxylic acids is 1. The van der Waals surface area contributed by atoms with Crippen LogP contribution < -0.4 is 5.32 Å². The van der Waals surface area contributed by atoms with Gasteiger partial charge in [0.2, 0.25) is 5.91 Å². The summed E-state index contributed by atoms with van der Waals surface area (Å²) in [6.45, 7) is 6.21. The second kappa shape index (κ2) is 9.38. The molecule has 26 heavy (non-hydrogen) atoms. The van der Waals surface area contributed by atoms with E-state index in [4.69, 9.17) is 0 Å². The standard InChI is InChI=1S/C20H24N2O3S/c1-4-19(17-8-5-14(2)15(3)11-17)21-20(23)13-26-12-16-6-9-18(10-7-16)22(24)25/h5-11,19H,4,12-13H2,1-3H3,(H,21,23). The second-order valence-electron chi connectivity index (χ2n) is 6.29.